The van der Waals surface area contributed by atoms with Gasteiger partial charge in [0.25, 0.3) is 5.78 Å². The van der Waals surface area contributed by atoms with Crippen molar-refractivity contribution in [1.82, 2.24) is 9.97 Å². The summed E-state index contributed by atoms with van der Waals surface area (Å²) in [5.41, 5.74) is -3.49. The number of Topliss-reactive ketones (excluding diaryl/α,β-unsaturated/α-hetero) is 1. The Kier molecular flexibility index (Phi) is 4.34. The first-order valence-electron chi connectivity index (χ1n) is 5.82. The van der Waals surface area contributed by atoms with Gasteiger partial charge in [0, 0.05) is 16.8 Å². The molecule has 1 heterocycles. The van der Waals surface area contributed by atoms with Crippen molar-refractivity contribution in [3.63, 3.8) is 0 Å². The van der Waals surface area contributed by atoms with Crippen LogP contribution in [0, 0.1) is 0 Å². The standard InChI is InChI=1S/C13H5ClF6N2O/c14-7-3-1-6(2-4-7)11-21-5-8(10(23)13(18,19)20)9(22-11)12(15,16)17/h1-5H. The van der Waals surface area contributed by atoms with Gasteiger partial charge in [-0.25, -0.2) is 9.97 Å². The third-order valence-corrected chi connectivity index (χ3v) is 2.91. The second-order valence-corrected chi connectivity index (χ2v) is 4.72. The molecule has 122 valence electrons. The first kappa shape index (κ1) is 17.2. The SMILES string of the molecule is O=C(c1cnc(-c2ccc(Cl)cc2)nc1C(F)(F)F)C(F)(F)F. The summed E-state index contributed by atoms with van der Waals surface area (Å²) in [6.45, 7) is 0. The van der Waals surface area contributed by atoms with E-state index in [1.165, 1.54) is 24.3 Å². The Labute approximate surface area is 129 Å². The fourth-order valence-electron chi connectivity index (χ4n) is 1.65. The highest BCUT2D eigenvalue weighted by Crippen LogP contribution is 2.34. The van der Waals surface area contributed by atoms with E-state index in [1.54, 1.807) is 0 Å². The van der Waals surface area contributed by atoms with E-state index in [1.807, 2.05) is 0 Å². The topological polar surface area (TPSA) is 42.9 Å². The molecule has 0 bridgehead atoms. The molecule has 0 fully saturated rings. The largest absolute Gasteiger partial charge is 0.455 e. The normalized spacial score (nSPS) is 12.3. The molecule has 3 nitrogen and oxygen atoms in total. The third kappa shape index (κ3) is 3.79. The van der Waals surface area contributed by atoms with E-state index in [0.717, 1.165) is 0 Å². The molecule has 0 aliphatic rings. The molecule has 0 saturated heterocycles. The number of nitrogens with zero attached hydrogens (tertiary/aromatic N) is 2. The van der Waals surface area contributed by atoms with E-state index >= 15 is 0 Å². The Balaban J connectivity index is 2.60. The van der Waals surface area contributed by atoms with Crippen LogP contribution in [0.2, 0.25) is 5.02 Å². The van der Waals surface area contributed by atoms with Gasteiger partial charge in [-0.3, -0.25) is 4.79 Å². The van der Waals surface area contributed by atoms with Crippen LogP contribution in [0.25, 0.3) is 11.4 Å². The van der Waals surface area contributed by atoms with Gasteiger partial charge in [-0.1, -0.05) is 11.6 Å². The molecule has 0 amide bonds. The van der Waals surface area contributed by atoms with Crippen molar-refractivity contribution in [3.8, 4) is 11.4 Å². The van der Waals surface area contributed by atoms with Gasteiger partial charge < -0.3 is 0 Å². The predicted octanol–water partition coefficient (Wildman–Crippen LogP) is 4.56. The summed E-state index contributed by atoms with van der Waals surface area (Å²) >= 11 is 5.63. The van der Waals surface area contributed by atoms with Gasteiger partial charge in [0.2, 0.25) is 0 Å². The summed E-state index contributed by atoms with van der Waals surface area (Å²) in [4.78, 5) is 17.6. The maximum atomic E-state index is 12.9. The van der Waals surface area contributed by atoms with Crippen molar-refractivity contribution < 1.29 is 31.1 Å². The molecule has 2 aromatic rings. The lowest BCUT2D eigenvalue weighted by atomic mass is 10.1. The van der Waals surface area contributed by atoms with Gasteiger partial charge in [0.15, 0.2) is 11.5 Å². The Morgan fingerprint density at radius 3 is 2.04 bits per heavy atom. The number of benzene rings is 1. The Morgan fingerprint density at radius 1 is 1.00 bits per heavy atom. The Hall–Kier alpha value is -2.16. The highest BCUT2D eigenvalue weighted by Gasteiger charge is 2.46. The molecule has 2 rings (SSSR count). The molecule has 0 aliphatic heterocycles. The van der Waals surface area contributed by atoms with Gasteiger partial charge >= 0.3 is 12.4 Å². The summed E-state index contributed by atoms with van der Waals surface area (Å²) in [5.74, 6) is -3.14. The molecule has 0 N–H and O–H groups in total. The van der Waals surface area contributed by atoms with Crippen LogP contribution >= 0.6 is 11.6 Å². The highest BCUT2D eigenvalue weighted by atomic mass is 35.5. The van der Waals surface area contributed by atoms with E-state index in [9.17, 15) is 31.1 Å². The van der Waals surface area contributed by atoms with E-state index in [0.29, 0.717) is 5.02 Å². The van der Waals surface area contributed by atoms with Crippen molar-refractivity contribution in [1.29, 1.82) is 0 Å². The molecule has 0 atom stereocenters. The molecule has 0 saturated carbocycles. The molecule has 0 aliphatic carbocycles. The van der Waals surface area contributed by atoms with Crippen molar-refractivity contribution >= 4 is 17.4 Å². The first-order valence-corrected chi connectivity index (χ1v) is 6.19. The van der Waals surface area contributed by atoms with E-state index in [4.69, 9.17) is 11.6 Å². The minimum absolute atomic E-state index is 0.103. The molecular weight excluding hydrogens is 350 g/mol. The average Bonchev–Trinajstić information content (AvgIpc) is 2.45. The highest BCUT2D eigenvalue weighted by molar-refractivity contribution is 6.30. The second kappa shape index (κ2) is 5.80. The lowest BCUT2D eigenvalue weighted by Crippen LogP contribution is -2.27. The monoisotopic (exact) mass is 354 g/mol. The zero-order chi connectivity index (χ0) is 17.4. The summed E-state index contributed by atoms with van der Waals surface area (Å²) in [6.07, 6.45) is -10.5. The van der Waals surface area contributed by atoms with Crippen molar-refractivity contribution in [2.24, 2.45) is 0 Å². The van der Waals surface area contributed by atoms with Crippen molar-refractivity contribution in [3.05, 3.63) is 46.7 Å². The van der Waals surface area contributed by atoms with Crippen LogP contribution in [-0.2, 0) is 6.18 Å². The average molecular weight is 355 g/mol. The van der Waals surface area contributed by atoms with Crippen LogP contribution in [0.4, 0.5) is 26.3 Å². The maximum absolute atomic E-state index is 12.9. The van der Waals surface area contributed by atoms with Crippen LogP contribution in [0.5, 0.6) is 0 Å². The predicted molar refractivity (Wildman–Crippen MR) is 67.9 cm³/mol. The number of ketones is 1. The minimum Gasteiger partial charge on any atom is -0.284 e. The number of alkyl halides is 6. The van der Waals surface area contributed by atoms with Gasteiger partial charge in [0.1, 0.15) is 0 Å². The first-order chi connectivity index (χ1) is 10.5. The lowest BCUT2D eigenvalue weighted by molar-refractivity contribution is -0.142. The number of carbonyl (C=O) groups excluding carboxylic acids is 1. The van der Waals surface area contributed by atoms with Gasteiger partial charge in [-0.2, -0.15) is 26.3 Å². The summed E-state index contributed by atoms with van der Waals surface area (Å²) < 4.78 is 75.9. The fraction of sp³-hybridized carbons (Fsp3) is 0.154. The van der Waals surface area contributed by atoms with Crippen molar-refractivity contribution in [2.75, 3.05) is 0 Å². The number of halogens is 7. The van der Waals surface area contributed by atoms with Crippen LogP contribution in [0.1, 0.15) is 16.1 Å². The third-order valence-electron chi connectivity index (χ3n) is 2.66. The molecule has 23 heavy (non-hydrogen) atoms. The molecule has 0 spiro atoms. The summed E-state index contributed by atoms with van der Waals surface area (Å²) in [5, 5.41) is 0.300. The minimum atomic E-state index is -5.47. The molecule has 0 radical (unpaired) electrons. The number of aromatic nitrogens is 2. The van der Waals surface area contributed by atoms with Gasteiger partial charge in [-0.15, -0.1) is 0 Å². The molecule has 1 aromatic carbocycles. The van der Waals surface area contributed by atoms with Crippen LogP contribution in [0.3, 0.4) is 0 Å². The van der Waals surface area contributed by atoms with Crippen LogP contribution in [0.15, 0.2) is 30.5 Å². The quantitative estimate of drug-likeness (QED) is 0.586. The second-order valence-electron chi connectivity index (χ2n) is 4.29. The van der Waals surface area contributed by atoms with Crippen LogP contribution < -0.4 is 0 Å². The fourth-order valence-corrected chi connectivity index (χ4v) is 1.78. The van der Waals surface area contributed by atoms with Crippen LogP contribution in [-0.4, -0.2) is 21.9 Å². The zero-order valence-electron chi connectivity index (χ0n) is 10.8. The molecule has 0 unspecified atom stereocenters. The Morgan fingerprint density at radius 2 is 1.57 bits per heavy atom. The number of hydrogen-bond donors (Lipinski definition) is 0. The summed E-state index contributed by atoms with van der Waals surface area (Å²) in [6, 6.07) is 5.29. The number of carbonyl (C=O) groups is 1. The van der Waals surface area contributed by atoms with Gasteiger partial charge in [0.05, 0.1) is 5.56 Å². The Bertz CT molecular complexity index is 740. The van der Waals surface area contributed by atoms with E-state index < -0.39 is 35.2 Å². The van der Waals surface area contributed by atoms with E-state index in [2.05, 4.69) is 9.97 Å². The van der Waals surface area contributed by atoms with E-state index in [-0.39, 0.29) is 11.8 Å². The smallest absolute Gasteiger partial charge is 0.284 e. The molecule has 10 heteroatoms. The molecular formula is C13H5ClF6N2O. The number of hydrogen-bond acceptors (Lipinski definition) is 3. The number of rotatable bonds is 2. The molecule has 1 aromatic heterocycles. The lowest BCUT2D eigenvalue weighted by Gasteiger charge is -2.13. The zero-order valence-corrected chi connectivity index (χ0v) is 11.6. The van der Waals surface area contributed by atoms with Gasteiger partial charge in [-0.05, 0) is 24.3 Å². The maximum Gasteiger partial charge on any atom is 0.455 e. The van der Waals surface area contributed by atoms with Crippen molar-refractivity contribution in [2.45, 2.75) is 12.4 Å². The summed E-state index contributed by atoms with van der Waals surface area (Å²) in [7, 11) is 0.